The quantitative estimate of drug-likeness (QED) is 0.391. The fraction of sp³-hybridized carbons (Fsp3) is 0.0870. The van der Waals surface area contributed by atoms with Gasteiger partial charge in [-0.15, -0.1) is 0 Å². The van der Waals surface area contributed by atoms with Crippen molar-refractivity contribution in [2.24, 2.45) is 0 Å². The number of carbonyl (C=O) groups is 3. The Hall–Kier alpha value is -3.73. The molecule has 2 amide bonds. The lowest BCUT2D eigenvalue weighted by atomic mass is 10.1. The van der Waals surface area contributed by atoms with E-state index in [-0.39, 0.29) is 5.56 Å². The van der Waals surface area contributed by atoms with E-state index >= 15 is 0 Å². The SMILES string of the molecule is Cc1cccc(OC(=O)c2ccc(C)c(N3C(=O)c4ccccc4C3=O)c2)c1. The van der Waals surface area contributed by atoms with Crippen LogP contribution in [0.1, 0.15) is 42.2 Å². The molecule has 0 saturated heterocycles. The van der Waals surface area contributed by atoms with Gasteiger partial charge in [0.05, 0.1) is 22.4 Å². The van der Waals surface area contributed by atoms with E-state index in [1.807, 2.05) is 13.0 Å². The zero-order valence-electron chi connectivity index (χ0n) is 15.4. The lowest BCUT2D eigenvalue weighted by Gasteiger charge is -2.17. The van der Waals surface area contributed by atoms with Crippen molar-refractivity contribution in [3.05, 3.63) is 94.5 Å². The zero-order chi connectivity index (χ0) is 19.8. The molecule has 1 heterocycles. The minimum Gasteiger partial charge on any atom is -0.423 e. The van der Waals surface area contributed by atoms with Crippen molar-refractivity contribution < 1.29 is 19.1 Å². The molecule has 5 heteroatoms. The number of fused-ring (bicyclic) bond motifs is 1. The maximum Gasteiger partial charge on any atom is 0.343 e. The summed E-state index contributed by atoms with van der Waals surface area (Å²) >= 11 is 0. The summed E-state index contributed by atoms with van der Waals surface area (Å²) in [4.78, 5) is 39.2. The maximum atomic E-state index is 12.8. The number of hydrogen-bond donors (Lipinski definition) is 0. The minimum absolute atomic E-state index is 0.263. The summed E-state index contributed by atoms with van der Waals surface area (Å²) in [5, 5.41) is 0. The topological polar surface area (TPSA) is 63.7 Å². The molecule has 1 aliphatic rings. The molecule has 0 aliphatic carbocycles. The average Bonchev–Trinajstić information content (AvgIpc) is 2.93. The number of hydrogen-bond acceptors (Lipinski definition) is 4. The number of carbonyl (C=O) groups excluding carboxylic acids is 3. The Kier molecular flexibility index (Phi) is 4.28. The van der Waals surface area contributed by atoms with E-state index < -0.39 is 17.8 Å². The van der Waals surface area contributed by atoms with Crippen molar-refractivity contribution in [2.75, 3.05) is 4.90 Å². The number of amides is 2. The molecule has 28 heavy (non-hydrogen) atoms. The lowest BCUT2D eigenvalue weighted by Crippen LogP contribution is -2.30. The Morgan fingerprint density at radius 1 is 0.821 bits per heavy atom. The Bertz CT molecular complexity index is 1100. The molecule has 1 aliphatic heterocycles. The molecule has 0 atom stereocenters. The molecular formula is C23H17NO4. The van der Waals surface area contributed by atoms with Gasteiger partial charge in [-0.2, -0.15) is 0 Å². The van der Waals surface area contributed by atoms with Gasteiger partial charge in [0.2, 0.25) is 0 Å². The molecule has 0 spiro atoms. The number of aryl methyl sites for hydroxylation is 2. The van der Waals surface area contributed by atoms with Crippen LogP contribution in [-0.2, 0) is 0 Å². The number of esters is 1. The Morgan fingerprint density at radius 2 is 1.50 bits per heavy atom. The highest BCUT2D eigenvalue weighted by molar-refractivity contribution is 6.34. The van der Waals surface area contributed by atoms with Gasteiger partial charge < -0.3 is 4.74 Å². The number of benzene rings is 3. The van der Waals surface area contributed by atoms with Crippen LogP contribution in [0.15, 0.2) is 66.7 Å². The molecule has 0 fully saturated rings. The molecule has 4 rings (SSSR count). The number of ether oxygens (including phenoxy) is 1. The Labute approximate surface area is 162 Å². The van der Waals surface area contributed by atoms with Crippen LogP contribution >= 0.6 is 0 Å². The van der Waals surface area contributed by atoms with Crippen molar-refractivity contribution in [2.45, 2.75) is 13.8 Å². The summed E-state index contributed by atoms with van der Waals surface area (Å²) in [6.07, 6.45) is 0. The van der Waals surface area contributed by atoms with Crippen molar-refractivity contribution in [1.82, 2.24) is 0 Å². The molecule has 5 nitrogen and oxygen atoms in total. The largest absolute Gasteiger partial charge is 0.423 e. The van der Waals surface area contributed by atoms with Crippen LogP contribution in [-0.4, -0.2) is 17.8 Å². The van der Waals surface area contributed by atoms with E-state index in [2.05, 4.69) is 0 Å². The Morgan fingerprint density at radius 3 is 2.14 bits per heavy atom. The smallest absolute Gasteiger partial charge is 0.343 e. The van der Waals surface area contributed by atoms with Crippen LogP contribution in [0.2, 0.25) is 0 Å². The van der Waals surface area contributed by atoms with E-state index in [1.165, 1.54) is 6.07 Å². The standard InChI is InChI=1S/C23H17NO4/c1-14-6-5-7-17(12-14)28-23(27)16-11-10-15(2)20(13-16)24-21(25)18-8-3-4-9-19(18)22(24)26/h3-13H,1-2H3. The summed E-state index contributed by atoms with van der Waals surface area (Å²) in [5.74, 6) is -0.905. The first-order chi connectivity index (χ1) is 13.5. The van der Waals surface area contributed by atoms with Crippen LogP contribution in [0.25, 0.3) is 0 Å². The summed E-state index contributed by atoms with van der Waals surface area (Å²) in [5.41, 5.74) is 3.05. The highest BCUT2D eigenvalue weighted by Gasteiger charge is 2.37. The van der Waals surface area contributed by atoms with E-state index in [0.29, 0.717) is 28.1 Å². The predicted molar refractivity (Wildman–Crippen MR) is 105 cm³/mol. The fourth-order valence-corrected chi connectivity index (χ4v) is 3.23. The summed E-state index contributed by atoms with van der Waals surface area (Å²) < 4.78 is 5.43. The second-order valence-electron chi connectivity index (χ2n) is 6.70. The summed E-state index contributed by atoms with van der Waals surface area (Å²) in [6, 6.07) is 18.7. The molecule has 3 aromatic carbocycles. The van der Waals surface area contributed by atoms with Crippen molar-refractivity contribution in [3.63, 3.8) is 0 Å². The predicted octanol–water partition coefficient (Wildman–Crippen LogP) is 4.32. The van der Waals surface area contributed by atoms with Gasteiger partial charge in [-0.1, -0.05) is 30.3 Å². The minimum atomic E-state index is -0.552. The summed E-state index contributed by atoms with van der Waals surface area (Å²) in [6.45, 7) is 3.69. The molecular weight excluding hydrogens is 354 g/mol. The van der Waals surface area contributed by atoms with Gasteiger partial charge in [0.15, 0.2) is 0 Å². The molecule has 0 aromatic heterocycles. The third-order valence-corrected chi connectivity index (χ3v) is 4.68. The van der Waals surface area contributed by atoms with E-state index in [1.54, 1.807) is 61.5 Å². The van der Waals surface area contributed by atoms with Crippen molar-refractivity contribution >= 4 is 23.5 Å². The van der Waals surface area contributed by atoms with E-state index in [0.717, 1.165) is 10.5 Å². The third-order valence-electron chi connectivity index (χ3n) is 4.68. The van der Waals surface area contributed by atoms with E-state index in [4.69, 9.17) is 4.74 Å². The van der Waals surface area contributed by atoms with Gasteiger partial charge in [0.1, 0.15) is 5.75 Å². The molecule has 0 saturated carbocycles. The van der Waals surface area contributed by atoms with Crippen molar-refractivity contribution in [1.29, 1.82) is 0 Å². The van der Waals surface area contributed by atoms with Crippen LogP contribution in [0.3, 0.4) is 0 Å². The molecule has 0 unspecified atom stereocenters. The first kappa shape index (κ1) is 17.7. The number of anilines is 1. The second-order valence-corrected chi connectivity index (χ2v) is 6.70. The summed E-state index contributed by atoms with van der Waals surface area (Å²) in [7, 11) is 0. The zero-order valence-corrected chi connectivity index (χ0v) is 15.4. The lowest BCUT2D eigenvalue weighted by molar-refractivity contribution is 0.0733. The van der Waals surface area contributed by atoms with Crippen LogP contribution in [0.4, 0.5) is 5.69 Å². The number of imide groups is 1. The maximum absolute atomic E-state index is 12.8. The molecule has 0 N–H and O–H groups in total. The molecule has 0 radical (unpaired) electrons. The first-order valence-corrected chi connectivity index (χ1v) is 8.83. The van der Waals surface area contributed by atoms with Gasteiger partial charge in [-0.3, -0.25) is 9.59 Å². The van der Waals surface area contributed by atoms with Crippen LogP contribution < -0.4 is 9.64 Å². The van der Waals surface area contributed by atoms with Gasteiger partial charge >= 0.3 is 5.97 Å². The normalized spacial score (nSPS) is 12.9. The highest BCUT2D eigenvalue weighted by Crippen LogP contribution is 2.31. The molecule has 138 valence electrons. The number of rotatable bonds is 3. The molecule has 3 aromatic rings. The van der Waals surface area contributed by atoms with Crippen LogP contribution in [0, 0.1) is 13.8 Å². The first-order valence-electron chi connectivity index (χ1n) is 8.83. The third kappa shape index (κ3) is 2.97. The monoisotopic (exact) mass is 371 g/mol. The van der Waals surface area contributed by atoms with Gasteiger partial charge in [-0.25, -0.2) is 9.69 Å². The number of nitrogens with zero attached hydrogens (tertiary/aromatic N) is 1. The fourth-order valence-electron chi connectivity index (χ4n) is 3.23. The van der Waals surface area contributed by atoms with Crippen LogP contribution in [0.5, 0.6) is 5.75 Å². The highest BCUT2D eigenvalue weighted by atomic mass is 16.5. The van der Waals surface area contributed by atoms with Gasteiger partial charge in [0.25, 0.3) is 11.8 Å². The van der Waals surface area contributed by atoms with Gasteiger partial charge in [-0.05, 0) is 61.4 Å². The second kappa shape index (κ2) is 6.78. The average molecular weight is 371 g/mol. The van der Waals surface area contributed by atoms with Crippen molar-refractivity contribution in [3.8, 4) is 5.75 Å². The van der Waals surface area contributed by atoms with E-state index in [9.17, 15) is 14.4 Å². The van der Waals surface area contributed by atoms with Gasteiger partial charge in [0, 0.05) is 0 Å². The Balaban J connectivity index is 1.68. The molecule has 0 bridgehead atoms.